The zero-order valence-electron chi connectivity index (χ0n) is 17.2. The van der Waals surface area contributed by atoms with Crippen molar-refractivity contribution in [2.75, 3.05) is 25.0 Å². The molecule has 1 atom stereocenters. The van der Waals surface area contributed by atoms with Crippen LogP contribution in [0.25, 0.3) is 0 Å². The molecule has 7 heteroatoms. The van der Waals surface area contributed by atoms with Crippen molar-refractivity contribution in [1.29, 1.82) is 0 Å². The van der Waals surface area contributed by atoms with E-state index in [1.807, 2.05) is 23.1 Å². The van der Waals surface area contributed by atoms with Crippen LogP contribution in [-0.2, 0) is 6.42 Å². The summed E-state index contributed by atoms with van der Waals surface area (Å²) < 4.78 is 0. The second-order valence-corrected chi connectivity index (χ2v) is 7.77. The van der Waals surface area contributed by atoms with E-state index in [0.29, 0.717) is 23.8 Å². The zero-order valence-corrected chi connectivity index (χ0v) is 18.0. The summed E-state index contributed by atoms with van der Waals surface area (Å²) in [4.78, 5) is 27.2. The summed E-state index contributed by atoms with van der Waals surface area (Å²) in [6.45, 7) is 4.30. The van der Waals surface area contributed by atoms with Crippen LogP contribution in [0.3, 0.4) is 0 Å². The molecule has 4 rings (SSSR count). The number of anilines is 1. The normalized spacial score (nSPS) is 18.3. The molecule has 1 unspecified atom stereocenters. The van der Waals surface area contributed by atoms with Crippen LogP contribution in [0.1, 0.15) is 47.3 Å². The Kier molecular flexibility index (Phi) is 7.34. The van der Waals surface area contributed by atoms with Gasteiger partial charge in [-0.05, 0) is 48.6 Å². The third-order valence-electron chi connectivity index (χ3n) is 5.56. The molecule has 6 nitrogen and oxygen atoms in total. The van der Waals surface area contributed by atoms with Crippen molar-refractivity contribution in [2.24, 2.45) is 0 Å². The molecule has 3 amide bonds. The van der Waals surface area contributed by atoms with Gasteiger partial charge in [0, 0.05) is 36.9 Å². The molecule has 3 N–H and O–H groups in total. The number of aryl methyl sites for hydroxylation is 1. The number of halogens is 1. The van der Waals surface area contributed by atoms with Gasteiger partial charge in [0.25, 0.3) is 5.91 Å². The fourth-order valence-corrected chi connectivity index (χ4v) is 3.70. The van der Waals surface area contributed by atoms with Gasteiger partial charge in [-0.2, -0.15) is 0 Å². The van der Waals surface area contributed by atoms with Crippen LogP contribution >= 0.6 is 12.4 Å². The molecule has 160 valence electrons. The molecular weight excluding hydrogens is 400 g/mol. The highest BCUT2D eigenvalue weighted by atomic mass is 35.5. The molecule has 1 saturated carbocycles. The summed E-state index contributed by atoms with van der Waals surface area (Å²) in [5, 5.41) is 9.13. The van der Waals surface area contributed by atoms with Crippen molar-refractivity contribution >= 4 is 30.0 Å². The summed E-state index contributed by atoms with van der Waals surface area (Å²) in [6, 6.07) is 15.8. The number of nitrogens with one attached hydrogen (secondary N) is 3. The summed E-state index contributed by atoms with van der Waals surface area (Å²) >= 11 is 0. The Bertz CT molecular complexity index is 883. The van der Waals surface area contributed by atoms with Gasteiger partial charge < -0.3 is 20.9 Å². The standard InChI is InChI=1S/C23H28N4O2.ClH/c1-2-16-6-8-17(9-7-16)21-15-24-12-13-27(21)22(28)18-4-3-5-20(14-18)26-23(29)25-19-10-11-19;/h3-9,14,19,21,24H,2,10-13,15H2,1H3,(H2,25,26,29);1H. The monoisotopic (exact) mass is 428 g/mol. The Balaban J connectivity index is 0.00000256. The molecule has 1 heterocycles. The number of nitrogens with zero attached hydrogens (tertiary/aromatic N) is 1. The van der Waals surface area contributed by atoms with E-state index in [4.69, 9.17) is 0 Å². The Morgan fingerprint density at radius 3 is 2.60 bits per heavy atom. The lowest BCUT2D eigenvalue weighted by Crippen LogP contribution is -2.48. The molecule has 0 aromatic heterocycles. The molecule has 30 heavy (non-hydrogen) atoms. The van der Waals surface area contributed by atoms with E-state index in [1.165, 1.54) is 5.56 Å². The number of carbonyl (C=O) groups excluding carboxylic acids is 2. The summed E-state index contributed by atoms with van der Waals surface area (Å²) in [7, 11) is 0. The molecule has 1 aliphatic heterocycles. The van der Waals surface area contributed by atoms with Gasteiger partial charge in [-0.1, -0.05) is 37.3 Å². The lowest BCUT2D eigenvalue weighted by Gasteiger charge is -2.36. The van der Waals surface area contributed by atoms with E-state index in [9.17, 15) is 9.59 Å². The number of amides is 3. The number of rotatable bonds is 5. The van der Waals surface area contributed by atoms with Crippen LogP contribution < -0.4 is 16.0 Å². The molecule has 1 aliphatic carbocycles. The van der Waals surface area contributed by atoms with E-state index >= 15 is 0 Å². The van der Waals surface area contributed by atoms with Crippen LogP contribution in [0.4, 0.5) is 10.5 Å². The predicted octanol–water partition coefficient (Wildman–Crippen LogP) is 3.74. The second-order valence-electron chi connectivity index (χ2n) is 7.77. The largest absolute Gasteiger partial charge is 0.335 e. The first-order valence-electron chi connectivity index (χ1n) is 10.4. The molecule has 2 fully saturated rings. The summed E-state index contributed by atoms with van der Waals surface area (Å²) in [5.41, 5.74) is 3.65. The molecule has 0 radical (unpaired) electrons. The number of benzene rings is 2. The van der Waals surface area contributed by atoms with Crippen LogP contribution in [-0.4, -0.2) is 42.5 Å². The highest BCUT2D eigenvalue weighted by Gasteiger charge is 2.29. The number of carbonyl (C=O) groups is 2. The molecule has 2 aromatic rings. The van der Waals surface area contributed by atoms with E-state index < -0.39 is 0 Å². The maximum Gasteiger partial charge on any atom is 0.319 e. The summed E-state index contributed by atoms with van der Waals surface area (Å²) in [5.74, 6) is -0.0117. The Morgan fingerprint density at radius 2 is 1.90 bits per heavy atom. The minimum Gasteiger partial charge on any atom is -0.335 e. The minimum absolute atomic E-state index is 0. The average Bonchev–Trinajstić information content (AvgIpc) is 3.57. The van der Waals surface area contributed by atoms with Crippen molar-refractivity contribution < 1.29 is 9.59 Å². The van der Waals surface area contributed by atoms with Crippen molar-refractivity contribution in [1.82, 2.24) is 15.5 Å². The van der Waals surface area contributed by atoms with Crippen molar-refractivity contribution in [3.8, 4) is 0 Å². The van der Waals surface area contributed by atoms with Crippen LogP contribution in [0.2, 0.25) is 0 Å². The van der Waals surface area contributed by atoms with Gasteiger partial charge in [-0.3, -0.25) is 4.79 Å². The molecular formula is C23H29ClN4O2. The predicted molar refractivity (Wildman–Crippen MR) is 121 cm³/mol. The van der Waals surface area contributed by atoms with Gasteiger partial charge in [-0.25, -0.2) is 4.79 Å². The minimum atomic E-state index is -0.215. The quantitative estimate of drug-likeness (QED) is 0.679. The number of piperazine rings is 1. The van der Waals surface area contributed by atoms with Gasteiger partial charge >= 0.3 is 6.03 Å². The number of hydrogen-bond donors (Lipinski definition) is 3. The third kappa shape index (κ3) is 5.32. The second kappa shape index (κ2) is 9.96. The topological polar surface area (TPSA) is 73.5 Å². The van der Waals surface area contributed by atoms with Crippen LogP contribution in [0, 0.1) is 0 Å². The van der Waals surface area contributed by atoms with E-state index in [1.54, 1.807) is 6.07 Å². The maximum absolute atomic E-state index is 13.3. The Hall–Kier alpha value is -2.57. The molecule has 2 aromatic carbocycles. The van der Waals surface area contributed by atoms with E-state index in [-0.39, 0.29) is 30.4 Å². The highest BCUT2D eigenvalue weighted by molar-refractivity contribution is 5.97. The smallest absolute Gasteiger partial charge is 0.319 e. The van der Waals surface area contributed by atoms with Crippen molar-refractivity contribution in [2.45, 2.75) is 38.3 Å². The SMILES string of the molecule is CCc1ccc(C2CNCCN2C(=O)c2cccc(NC(=O)NC3CC3)c2)cc1.Cl. The van der Waals surface area contributed by atoms with Gasteiger partial charge in [0.1, 0.15) is 0 Å². The third-order valence-corrected chi connectivity index (χ3v) is 5.56. The Morgan fingerprint density at radius 1 is 1.13 bits per heavy atom. The molecule has 2 aliphatic rings. The number of urea groups is 1. The Labute approximate surface area is 183 Å². The maximum atomic E-state index is 13.3. The van der Waals surface area contributed by atoms with Gasteiger partial charge in [-0.15, -0.1) is 12.4 Å². The van der Waals surface area contributed by atoms with E-state index in [0.717, 1.165) is 37.9 Å². The number of hydrogen-bond acceptors (Lipinski definition) is 3. The van der Waals surface area contributed by atoms with E-state index in [2.05, 4.69) is 47.1 Å². The van der Waals surface area contributed by atoms with Crippen molar-refractivity contribution in [3.05, 3.63) is 65.2 Å². The van der Waals surface area contributed by atoms with Gasteiger partial charge in [0.05, 0.1) is 6.04 Å². The fourth-order valence-electron chi connectivity index (χ4n) is 3.70. The first-order chi connectivity index (χ1) is 14.1. The molecule has 0 spiro atoms. The molecule has 1 saturated heterocycles. The first kappa shape index (κ1) is 22.1. The van der Waals surface area contributed by atoms with Gasteiger partial charge in [0.15, 0.2) is 0 Å². The molecule has 0 bridgehead atoms. The highest BCUT2D eigenvalue weighted by Crippen LogP contribution is 2.26. The van der Waals surface area contributed by atoms with Gasteiger partial charge in [0.2, 0.25) is 0 Å². The lowest BCUT2D eigenvalue weighted by atomic mass is 10.00. The fraction of sp³-hybridized carbons (Fsp3) is 0.391. The lowest BCUT2D eigenvalue weighted by molar-refractivity contribution is 0.0634. The van der Waals surface area contributed by atoms with Crippen LogP contribution in [0.5, 0.6) is 0 Å². The van der Waals surface area contributed by atoms with Crippen LogP contribution in [0.15, 0.2) is 48.5 Å². The summed E-state index contributed by atoms with van der Waals surface area (Å²) in [6.07, 6.45) is 3.07. The average molecular weight is 429 g/mol. The zero-order chi connectivity index (χ0) is 20.2. The first-order valence-corrected chi connectivity index (χ1v) is 10.4. The van der Waals surface area contributed by atoms with Crippen molar-refractivity contribution in [3.63, 3.8) is 0 Å².